The van der Waals surface area contributed by atoms with Crippen molar-refractivity contribution in [2.45, 2.75) is 6.42 Å². The number of halogens is 1. The van der Waals surface area contributed by atoms with Crippen LogP contribution < -0.4 is 10.6 Å². The first-order valence-corrected chi connectivity index (χ1v) is 7.78. The fourth-order valence-corrected chi connectivity index (χ4v) is 2.16. The lowest BCUT2D eigenvalue weighted by molar-refractivity contribution is 0.0943. The van der Waals surface area contributed by atoms with Crippen molar-refractivity contribution in [2.24, 2.45) is 0 Å². The topological polar surface area (TPSA) is 80.3 Å². The second-order valence-corrected chi connectivity index (χ2v) is 5.43. The Labute approximate surface area is 145 Å². The number of amides is 2. The summed E-state index contributed by atoms with van der Waals surface area (Å²) in [6, 6.07) is 9.82. The van der Waals surface area contributed by atoms with E-state index in [1.165, 1.54) is 12.3 Å². The van der Waals surface area contributed by atoms with Crippen LogP contribution in [0, 0.1) is 0 Å². The van der Waals surface area contributed by atoms with Gasteiger partial charge in [-0.05, 0) is 36.8 Å². The van der Waals surface area contributed by atoms with Gasteiger partial charge in [0.15, 0.2) is 0 Å². The lowest BCUT2D eigenvalue weighted by Crippen LogP contribution is -2.26. The van der Waals surface area contributed by atoms with E-state index in [1.54, 1.807) is 37.4 Å². The Morgan fingerprint density at radius 1 is 1.21 bits per heavy atom. The summed E-state index contributed by atoms with van der Waals surface area (Å²) in [7, 11) is 1.60. The molecule has 0 saturated heterocycles. The quantitative estimate of drug-likeness (QED) is 0.755. The monoisotopic (exact) mass is 347 g/mol. The van der Waals surface area contributed by atoms with E-state index in [2.05, 4.69) is 15.6 Å². The molecule has 0 aliphatic carbocycles. The number of carbonyl (C=O) groups excluding carboxylic acids is 2. The molecule has 1 heterocycles. The summed E-state index contributed by atoms with van der Waals surface area (Å²) in [5, 5.41) is 5.98. The first kappa shape index (κ1) is 17.9. The summed E-state index contributed by atoms with van der Waals surface area (Å²) in [6.07, 6.45) is 2.13. The van der Waals surface area contributed by atoms with Crippen molar-refractivity contribution in [3.8, 4) is 0 Å². The smallest absolute Gasteiger partial charge is 0.269 e. The van der Waals surface area contributed by atoms with Crippen LogP contribution in [0.4, 0.5) is 5.69 Å². The number of hydrogen-bond donors (Lipinski definition) is 2. The Kier molecular flexibility index (Phi) is 6.72. The molecular formula is C17H18ClN3O3. The molecular weight excluding hydrogens is 330 g/mol. The molecule has 0 aliphatic heterocycles. The molecule has 0 spiro atoms. The zero-order chi connectivity index (χ0) is 17.4. The lowest BCUT2D eigenvalue weighted by atomic mass is 10.2. The first-order valence-electron chi connectivity index (χ1n) is 7.40. The van der Waals surface area contributed by atoms with E-state index in [0.717, 1.165) is 0 Å². The zero-order valence-electron chi connectivity index (χ0n) is 13.2. The summed E-state index contributed by atoms with van der Waals surface area (Å²) in [6.45, 7) is 1.04. The highest BCUT2D eigenvalue weighted by molar-refractivity contribution is 6.31. The highest BCUT2D eigenvalue weighted by Crippen LogP contribution is 2.16. The van der Waals surface area contributed by atoms with Crippen LogP contribution in [0.3, 0.4) is 0 Å². The highest BCUT2D eigenvalue weighted by atomic mass is 35.5. The molecule has 0 atom stereocenters. The second-order valence-electron chi connectivity index (χ2n) is 5.00. The van der Waals surface area contributed by atoms with E-state index in [4.69, 9.17) is 16.3 Å². The number of ether oxygens (including phenoxy) is 1. The maximum absolute atomic E-state index is 12.3. The number of rotatable bonds is 7. The SMILES string of the molecule is COCCCNC(=O)c1cc(C(=O)Nc2cccc(Cl)c2)ccn1. The Morgan fingerprint density at radius 3 is 2.79 bits per heavy atom. The van der Waals surface area contributed by atoms with Gasteiger partial charge in [0, 0.05) is 42.7 Å². The Morgan fingerprint density at radius 2 is 2.04 bits per heavy atom. The molecule has 1 aromatic carbocycles. The molecule has 7 heteroatoms. The van der Waals surface area contributed by atoms with Crippen molar-refractivity contribution in [1.29, 1.82) is 0 Å². The molecule has 2 N–H and O–H groups in total. The normalized spacial score (nSPS) is 10.2. The average molecular weight is 348 g/mol. The Balaban J connectivity index is 2.01. The van der Waals surface area contributed by atoms with E-state index >= 15 is 0 Å². The standard InChI is InChI=1S/C17H18ClN3O3/c1-24-9-3-7-20-17(23)15-10-12(6-8-19-15)16(22)21-14-5-2-4-13(18)11-14/h2,4-6,8,10-11H,3,7,9H2,1H3,(H,20,23)(H,21,22). The minimum absolute atomic E-state index is 0.186. The molecule has 2 amide bonds. The molecule has 6 nitrogen and oxygen atoms in total. The second kappa shape index (κ2) is 9.00. The lowest BCUT2D eigenvalue weighted by Gasteiger charge is -2.07. The number of nitrogens with zero attached hydrogens (tertiary/aromatic N) is 1. The van der Waals surface area contributed by atoms with E-state index in [9.17, 15) is 9.59 Å². The maximum atomic E-state index is 12.3. The minimum atomic E-state index is -0.340. The number of aromatic nitrogens is 1. The van der Waals surface area contributed by atoms with Crippen molar-refractivity contribution in [3.63, 3.8) is 0 Å². The number of pyridine rings is 1. The van der Waals surface area contributed by atoms with Crippen molar-refractivity contribution >= 4 is 29.1 Å². The first-order chi connectivity index (χ1) is 11.6. The third-order valence-corrected chi connectivity index (χ3v) is 3.38. The number of hydrogen-bond acceptors (Lipinski definition) is 4. The number of methoxy groups -OCH3 is 1. The number of nitrogens with one attached hydrogen (secondary N) is 2. The fourth-order valence-electron chi connectivity index (χ4n) is 1.97. The van der Waals surface area contributed by atoms with Gasteiger partial charge in [-0.2, -0.15) is 0 Å². The number of anilines is 1. The van der Waals surface area contributed by atoms with Crippen molar-refractivity contribution in [3.05, 3.63) is 58.9 Å². The molecule has 24 heavy (non-hydrogen) atoms. The highest BCUT2D eigenvalue weighted by Gasteiger charge is 2.12. The van der Waals surface area contributed by atoms with E-state index in [0.29, 0.717) is 35.8 Å². The van der Waals surface area contributed by atoms with Gasteiger partial charge in [-0.1, -0.05) is 17.7 Å². The third-order valence-electron chi connectivity index (χ3n) is 3.15. The van der Waals surface area contributed by atoms with Crippen LogP contribution in [0.25, 0.3) is 0 Å². The summed E-state index contributed by atoms with van der Waals surface area (Å²) in [4.78, 5) is 28.3. The van der Waals surface area contributed by atoms with Crippen molar-refractivity contribution in [2.75, 3.05) is 25.6 Å². The predicted octanol–water partition coefficient (Wildman–Crippen LogP) is 2.75. The summed E-state index contributed by atoms with van der Waals surface area (Å²) in [5.74, 6) is -0.670. The predicted molar refractivity (Wildman–Crippen MR) is 92.5 cm³/mol. The summed E-state index contributed by atoms with van der Waals surface area (Å²) < 4.78 is 4.92. The Hall–Kier alpha value is -2.44. The molecule has 1 aromatic heterocycles. The van der Waals surface area contributed by atoms with Gasteiger partial charge in [0.25, 0.3) is 11.8 Å². The van der Waals surface area contributed by atoms with Gasteiger partial charge in [-0.3, -0.25) is 14.6 Å². The largest absolute Gasteiger partial charge is 0.385 e. The minimum Gasteiger partial charge on any atom is -0.385 e. The molecule has 0 bridgehead atoms. The Bertz CT molecular complexity index is 722. The molecule has 0 unspecified atom stereocenters. The van der Waals surface area contributed by atoms with Crippen LogP contribution in [-0.4, -0.2) is 37.1 Å². The molecule has 0 radical (unpaired) electrons. The van der Waals surface area contributed by atoms with Crippen LogP contribution in [0.15, 0.2) is 42.6 Å². The number of benzene rings is 1. The third kappa shape index (κ3) is 5.33. The van der Waals surface area contributed by atoms with Gasteiger partial charge in [0.2, 0.25) is 0 Å². The molecule has 126 valence electrons. The van der Waals surface area contributed by atoms with Crippen LogP contribution >= 0.6 is 11.6 Å². The van der Waals surface area contributed by atoms with Crippen LogP contribution in [0.5, 0.6) is 0 Å². The van der Waals surface area contributed by atoms with Crippen LogP contribution in [0.2, 0.25) is 5.02 Å². The fraction of sp³-hybridized carbons (Fsp3) is 0.235. The maximum Gasteiger partial charge on any atom is 0.269 e. The summed E-state index contributed by atoms with van der Waals surface area (Å²) in [5.41, 5.74) is 1.10. The van der Waals surface area contributed by atoms with Crippen LogP contribution in [-0.2, 0) is 4.74 Å². The van der Waals surface area contributed by atoms with Gasteiger partial charge < -0.3 is 15.4 Å². The van der Waals surface area contributed by atoms with Gasteiger partial charge in [0.05, 0.1) is 0 Å². The number of carbonyl (C=O) groups is 2. The van der Waals surface area contributed by atoms with E-state index < -0.39 is 0 Å². The van der Waals surface area contributed by atoms with Gasteiger partial charge in [0.1, 0.15) is 5.69 Å². The molecule has 0 fully saturated rings. The average Bonchev–Trinajstić information content (AvgIpc) is 2.58. The van der Waals surface area contributed by atoms with E-state index in [1.807, 2.05) is 0 Å². The molecule has 2 aromatic rings. The van der Waals surface area contributed by atoms with Gasteiger partial charge >= 0.3 is 0 Å². The van der Waals surface area contributed by atoms with Crippen molar-refractivity contribution < 1.29 is 14.3 Å². The van der Waals surface area contributed by atoms with Crippen molar-refractivity contribution in [1.82, 2.24) is 10.3 Å². The van der Waals surface area contributed by atoms with E-state index in [-0.39, 0.29) is 17.5 Å². The van der Waals surface area contributed by atoms with Gasteiger partial charge in [-0.25, -0.2) is 0 Å². The summed E-state index contributed by atoms with van der Waals surface area (Å²) >= 11 is 5.89. The zero-order valence-corrected chi connectivity index (χ0v) is 14.0. The molecule has 0 aliphatic rings. The van der Waals surface area contributed by atoms with Gasteiger partial charge in [-0.15, -0.1) is 0 Å². The molecule has 2 rings (SSSR count). The van der Waals surface area contributed by atoms with Crippen LogP contribution in [0.1, 0.15) is 27.3 Å². The molecule has 0 saturated carbocycles.